The summed E-state index contributed by atoms with van der Waals surface area (Å²) in [5, 5.41) is 10.9. The summed E-state index contributed by atoms with van der Waals surface area (Å²) in [7, 11) is 0. The molecule has 1 heterocycles. The highest BCUT2D eigenvalue weighted by molar-refractivity contribution is 5.92. The molecule has 0 saturated carbocycles. The number of fused-ring (bicyclic) bond motifs is 1. The van der Waals surface area contributed by atoms with E-state index in [1.807, 2.05) is 36.4 Å². The lowest BCUT2D eigenvalue weighted by Crippen LogP contribution is -2.42. The predicted octanol–water partition coefficient (Wildman–Crippen LogP) is 1.62. The summed E-state index contributed by atoms with van der Waals surface area (Å²) in [5.41, 5.74) is 3.03. The number of likely N-dealkylation sites (N-methyl/N-ethyl adjacent to an activating group) is 2. The van der Waals surface area contributed by atoms with E-state index in [1.54, 1.807) is 30.7 Å². The Balaban J connectivity index is 1.55. The van der Waals surface area contributed by atoms with E-state index in [2.05, 4.69) is 15.6 Å². The van der Waals surface area contributed by atoms with Crippen LogP contribution in [0.15, 0.2) is 48.5 Å². The average Bonchev–Trinajstić information content (AvgIpc) is 3.19. The zero-order valence-electron chi connectivity index (χ0n) is 17.6. The minimum atomic E-state index is -0.597. The maximum Gasteiger partial charge on any atom is 0.338 e. The van der Waals surface area contributed by atoms with Gasteiger partial charge in [0.15, 0.2) is 6.61 Å². The van der Waals surface area contributed by atoms with E-state index in [9.17, 15) is 14.4 Å². The van der Waals surface area contributed by atoms with Crippen molar-refractivity contribution in [3.63, 3.8) is 0 Å². The minimum Gasteiger partial charge on any atom is -0.452 e. The van der Waals surface area contributed by atoms with Crippen LogP contribution in [0.3, 0.4) is 0 Å². The number of aromatic nitrogens is 3. The Hall–Kier alpha value is -3.75. The second-order valence-corrected chi connectivity index (χ2v) is 6.87. The minimum absolute atomic E-state index is 0.0631. The van der Waals surface area contributed by atoms with Gasteiger partial charge in [0, 0.05) is 13.1 Å². The van der Waals surface area contributed by atoms with Gasteiger partial charge in [-0.05, 0) is 43.7 Å². The zero-order valence-corrected chi connectivity index (χ0v) is 17.6. The van der Waals surface area contributed by atoms with Gasteiger partial charge < -0.3 is 15.0 Å². The van der Waals surface area contributed by atoms with Crippen molar-refractivity contribution in [2.24, 2.45) is 0 Å². The maximum absolute atomic E-state index is 12.3. The summed E-state index contributed by atoms with van der Waals surface area (Å²) in [4.78, 5) is 37.5. The lowest BCUT2D eigenvalue weighted by atomic mass is 10.1. The van der Waals surface area contributed by atoms with Gasteiger partial charge in [-0.25, -0.2) is 9.48 Å². The van der Waals surface area contributed by atoms with Gasteiger partial charge >= 0.3 is 5.97 Å². The highest BCUT2D eigenvalue weighted by Gasteiger charge is 2.17. The third-order valence-electron chi connectivity index (χ3n) is 4.71. The summed E-state index contributed by atoms with van der Waals surface area (Å²) < 4.78 is 6.92. The molecule has 0 aliphatic carbocycles. The van der Waals surface area contributed by atoms with Crippen molar-refractivity contribution < 1.29 is 19.1 Å². The van der Waals surface area contributed by atoms with Gasteiger partial charge in [-0.2, -0.15) is 0 Å². The molecule has 0 aliphatic heterocycles. The molecule has 162 valence electrons. The Morgan fingerprint density at radius 3 is 2.52 bits per heavy atom. The molecule has 0 fully saturated rings. The number of para-hydroxylation sites is 1. The van der Waals surface area contributed by atoms with E-state index >= 15 is 0 Å². The van der Waals surface area contributed by atoms with E-state index in [0.717, 1.165) is 16.6 Å². The predicted molar refractivity (Wildman–Crippen MR) is 114 cm³/mol. The van der Waals surface area contributed by atoms with Crippen molar-refractivity contribution in [1.82, 2.24) is 25.2 Å². The Bertz CT molecular complexity index is 1060. The van der Waals surface area contributed by atoms with Crippen LogP contribution in [0.1, 0.15) is 29.8 Å². The molecule has 2 amide bonds. The second kappa shape index (κ2) is 10.3. The first kappa shape index (κ1) is 21.9. The number of benzene rings is 2. The van der Waals surface area contributed by atoms with E-state index in [-0.39, 0.29) is 12.5 Å². The number of rotatable bonds is 9. The van der Waals surface area contributed by atoms with E-state index in [0.29, 0.717) is 25.2 Å². The topological polar surface area (TPSA) is 106 Å². The van der Waals surface area contributed by atoms with Crippen LogP contribution in [0, 0.1) is 0 Å². The number of nitrogens with one attached hydrogen (secondary N) is 1. The van der Waals surface area contributed by atoms with Crippen molar-refractivity contribution >= 4 is 28.8 Å². The third-order valence-corrected chi connectivity index (χ3v) is 4.71. The smallest absolute Gasteiger partial charge is 0.338 e. The molecular weight excluding hydrogens is 398 g/mol. The van der Waals surface area contributed by atoms with Gasteiger partial charge in [0.1, 0.15) is 5.52 Å². The van der Waals surface area contributed by atoms with Gasteiger partial charge in [-0.1, -0.05) is 29.5 Å². The quantitative estimate of drug-likeness (QED) is 0.524. The normalized spacial score (nSPS) is 10.6. The summed E-state index contributed by atoms with van der Waals surface area (Å²) in [6, 6.07) is 14.6. The molecule has 9 nitrogen and oxygen atoms in total. The first-order valence-corrected chi connectivity index (χ1v) is 10.1. The molecule has 2 aromatic carbocycles. The molecule has 31 heavy (non-hydrogen) atoms. The molecule has 0 radical (unpaired) electrons. The average molecular weight is 423 g/mol. The summed E-state index contributed by atoms with van der Waals surface area (Å²) >= 11 is 0. The third kappa shape index (κ3) is 5.65. The van der Waals surface area contributed by atoms with E-state index in [1.165, 1.54) is 4.90 Å². The van der Waals surface area contributed by atoms with Crippen LogP contribution in [0.25, 0.3) is 11.0 Å². The van der Waals surface area contributed by atoms with Crippen LogP contribution in [-0.2, 0) is 20.9 Å². The van der Waals surface area contributed by atoms with Crippen LogP contribution in [0.4, 0.5) is 0 Å². The molecule has 0 atom stereocenters. The van der Waals surface area contributed by atoms with Crippen LogP contribution in [-0.4, -0.2) is 63.9 Å². The molecule has 0 aliphatic rings. The molecule has 1 aromatic heterocycles. The Labute approximate surface area is 180 Å². The number of hydrogen-bond acceptors (Lipinski definition) is 6. The molecule has 3 rings (SSSR count). The van der Waals surface area contributed by atoms with Gasteiger partial charge in [0.05, 0.1) is 24.2 Å². The first-order valence-electron chi connectivity index (χ1n) is 10.1. The molecule has 0 spiro atoms. The number of nitrogens with zero attached hydrogens (tertiary/aromatic N) is 4. The van der Waals surface area contributed by atoms with Crippen molar-refractivity contribution in [3.05, 3.63) is 59.7 Å². The highest BCUT2D eigenvalue weighted by atomic mass is 16.5. The second-order valence-electron chi connectivity index (χ2n) is 6.87. The fraction of sp³-hybridized carbons (Fsp3) is 0.318. The maximum atomic E-state index is 12.3. The number of carbonyl (C=O) groups is 3. The van der Waals surface area contributed by atoms with Crippen LogP contribution in [0.2, 0.25) is 0 Å². The van der Waals surface area contributed by atoms with Gasteiger partial charge in [0.25, 0.3) is 5.91 Å². The summed E-state index contributed by atoms with van der Waals surface area (Å²) in [6.07, 6.45) is 0. The molecule has 0 unspecified atom stereocenters. The summed E-state index contributed by atoms with van der Waals surface area (Å²) in [5.74, 6) is -1.27. The van der Waals surface area contributed by atoms with Crippen LogP contribution in [0.5, 0.6) is 0 Å². The van der Waals surface area contributed by atoms with Crippen molar-refractivity contribution in [1.29, 1.82) is 0 Å². The van der Waals surface area contributed by atoms with Crippen LogP contribution >= 0.6 is 0 Å². The van der Waals surface area contributed by atoms with Crippen molar-refractivity contribution in [2.45, 2.75) is 20.4 Å². The highest BCUT2D eigenvalue weighted by Crippen LogP contribution is 2.13. The number of esters is 1. The Morgan fingerprint density at radius 2 is 1.81 bits per heavy atom. The standard InChI is InChI=1S/C22H25N5O4/c1-3-23-20(28)14-26(4-2)21(29)15-31-22(30)17-11-9-16(10-12-17)13-27-19-8-6-5-7-18(19)24-25-27/h5-12H,3-4,13-15H2,1-2H3,(H,23,28). The monoisotopic (exact) mass is 423 g/mol. The number of hydrogen-bond donors (Lipinski definition) is 1. The van der Waals surface area contributed by atoms with Crippen molar-refractivity contribution in [2.75, 3.05) is 26.2 Å². The molecule has 0 saturated heterocycles. The largest absolute Gasteiger partial charge is 0.452 e. The molecule has 0 bridgehead atoms. The Kier molecular flexibility index (Phi) is 7.31. The molecule has 3 aromatic rings. The van der Waals surface area contributed by atoms with Gasteiger partial charge in [0.2, 0.25) is 5.91 Å². The van der Waals surface area contributed by atoms with Crippen LogP contribution < -0.4 is 5.32 Å². The fourth-order valence-electron chi connectivity index (χ4n) is 3.06. The SMILES string of the molecule is CCNC(=O)CN(CC)C(=O)COC(=O)c1ccc(Cn2nnc3ccccc32)cc1. The molecule has 1 N–H and O–H groups in total. The number of carbonyl (C=O) groups excluding carboxylic acids is 3. The lowest BCUT2D eigenvalue weighted by Gasteiger charge is -2.20. The van der Waals surface area contributed by atoms with E-state index in [4.69, 9.17) is 4.74 Å². The van der Waals surface area contributed by atoms with E-state index < -0.39 is 18.5 Å². The summed E-state index contributed by atoms with van der Waals surface area (Å²) in [6.45, 7) is 4.43. The first-order chi connectivity index (χ1) is 15.0. The molecule has 9 heteroatoms. The molecular formula is C22H25N5O4. The number of ether oxygens (including phenoxy) is 1. The zero-order chi connectivity index (χ0) is 22.2. The number of amides is 2. The Morgan fingerprint density at radius 1 is 1.06 bits per heavy atom. The fourth-order valence-corrected chi connectivity index (χ4v) is 3.06. The lowest BCUT2D eigenvalue weighted by molar-refractivity contribution is -0.138. The van der Waals surface area contributed by atoms with Gasteiger partial charge in [-0.3, -0.25) is 9.59 Å². The van der Waals surface area contributed by atoms with Crippen molar-refractivity contribution in [3.8, 4) is 0 Å². The van der Waals surface area contributed by atoms with Gasteiger partial charge in [-0.15, -0.1) is 5.10 Å².